The van der Waals surface area contributed by atoms with Crippen molar-refractivity contribution in [3.05, 3.63) is 87.8 Å². The number of amides is 2. The lowest BCUT2D eigenvalue weighted by Crippen LogP contribution is -2.47. The second kappa shape index (κ2) is 11.2. The summed E-state index contributed by atoms with van der Waals surface area (Å²) in [5, 5.41) is 3.12. The molecule has 0 unspecified atom stereocenters. The Morgan fingerprint density at radius 2 is 1.62 bits per heavy atom. The molecule has 2 atom stereocenters. The Kier molecular flexibility index (Phi) is 7.32. The number of ether oxygens (including phenoxy) is 1. The minimum absolute atomic E-state index is 0.0113. The third-order valence-electron chi connectivity index (χ3n) is 8.56. The predicted molar refractivity (Wildman–Crippen MR) is 156 cm³/mol. The molecule has 2 amide bonds. The minimum Gasteiger partial charge on any atom is -0.497 e. The number of likely N-dealkylation sites (tertiary alicyclic amines) is 1. The second-order valence-electron chi connectivity index (χ2n) is 11.2. The summed E-state index contributed by atoms with van der Waals surface area (Å²) in [6.45, 7) is 3.75. The van der Waals surface area contributed by atoms with Crippen LogP contribution < -0.4 is 20.5 Å². The number of hydrogen-bond acceptors (Lipinski definition) is 5. The number of piperidine rings is 1. The van der Waals surface area contributed by atoms with Crippen LogP contribution >= 0.6 is 0 Å². The van der Waals surface area contributed by atoms with E-state index in [2.05, 4.69) is 16.3 Å². The number of carbonyl (C=O) groups excluding carboxylic acids is 2. The molecule has 2 fully saturated rings. The summed E-state index contributed by atoms with van der Waals surface area (Å²) in [4.78, 5) is 43.6. The monoisotopic (exact) mass is 540 g/mol. The lowest BCUT2D eigenvalue weighted by molar-refractivity contribution is 0.0761. The molecule has 0 radical (unpaired) electrons. The zero-order valence-corrected chi connectivity index (χ0v) is 23.0. The van der Waals surface area contributed by atoms with Crippen LogP contribution in [0.25, 0.3) is 0 Å². The molecule has 0 aliphatic carbocycles. The van der Waals surface area contributed by atoms with E-state index < -0.39 is 0 Å². The molecule has 2 bridgehead atoms. The number of nitrogens with zero attached hydrogens (tertiary/aromatic N) is 3. The number of pyridine rings is 1. The topological polar surface area (TPSA) is 83.9 Å². The summed E-state index contributed by atoms with van der Waals surface area (Å²) in [6, 6.07) is 18.3. The van der Waals surface area contributed by atoms with E-state index in [1.54, 1.807) is 37.4 Å². The lowest BCUT2D eigenvalue weighted by Gasteiger charge is -2.44. The van der Waals surface area contributed by atoms with Crippen LogP contribution in [-0.4, -0.2) is 54.6 Å². The molecule has 8 heteroatoms. The molecule has 2 saturated heterocycles. The van der Waals surface area contributed by atoms with Crippen molar-refractivity contribution in [1.29, 1.82) is 0 Å². The highest BCUT2D eigenvalue weighted by atomic mass is 16.5. The Bertz CT molecular complexity index is 1460. The van der Waals surface area contributed by atoms with Crippen LogP contribution in [0.3, 0.4) is 0 Å². The first kappa shape index (κ1) is 26.2. The maximum atomic E-state index is 13.5. The molecule has 3 aliphatic rings. The van der Waals surface area contributed by atoms with Gasteiger partial charge in [-0.1, -0.05) is 18.9 Å². The van der Waals surface area contributed by atoms with E-state index in [0.717, 1.165) is 69.7 Å². The number of nitrogens with one attached hydrogen (secondary N) is 1. The first-order chi connectivity index (χ1) is 19.5. The Balaban J connectivity index is 1.32. The Labute approximate surface area is 234 Å². The van der Waals surface area contributed by atoms with Crippen molar-refractivity contribution in [3.63, 3.8) is 0 Å². The summed E-state index contributed by atoms with van der Waals surface area (Å²) >= 11 is 0. The number of anilines is 2. The van der Waals surface area contributed by atoms with E-state index in [0.29, 0.717) is 35.0 Å². The van der Waals surface area contributed by atoms with Gasteiger partial charge in [0.1, 0.15) is 5.75 Å². The molecule has 1 N–H and O–H groups in total. The quantitative estimate of drug-likeness (QED) is 0.505. The molecule has 3 aliphatic heterocycles. The van der Waals surface area contributed by atoms with Gasteiger partial charge in [0.05, 0.1) is 18.5 Å². The Hall–Kier alpha value is -4.07. The average molecular weight is 541 g/mol. The van der Waals surface area contributed by atoms with Crippen molar-refractivity contribution in [2.45, 2.75) is 44.6 Å². The van der Waals surface area contributed by atoms with Gasteiger partial charge in [-0.25, -0.2) is 0 Å². The van der Waals surface area contributed by atoms with Gasteiger partial charge in [-0.15, -0.1) is 0 Å². The first-order valence-electron chi connectivity index (χ1n) is 14.3. The molecule has 208 valence electrons. The van der Waals surface area contributed by atoms with Gasteiger partial charge in [0.2, 0.25) is 0 Å². The van der Waals surface area contributed by atoms with Crippen LogP contribution in [-0.2, 0) is 6.54 Å². The number of carbonyl (C=O) groups is 2. The van der Waals surface area contributed by atoms with Crippen molar-refractivity contribution in [1.82, 2.24) is 9.47 Å². The van der Waals surface area contributed by atoms with Gasteiger partial charge < -0.3 is 24.4 Å². The highest BCUT2D eigenvalue weighted by molar-refractivity contribution is 6.07. The molecule has 1 aromatic heterocycles. The van der Waals surface area contributed by atoms with Crippen LogP contribution in [0.1, 0.15) is 64.4 Å². The SMILES string of the molecule is COc1ccc(C(=O)Nc2cc(C(=O)N3CCCCCC3)ccc2N2C[C@H]3C[C@@H](C2)c2cccc(=O)n2C3)cc1. The van der Waals surface area contributed by atoms with Crippen molar-refractivity contribution in [2.24, 2.45) is 5.92 Å². The summed E-state index contributed by atoms with van der Waals surface area (Å²) in [5.74, 6) is 1.01. The van der Waals surface area contributed by atoms with Crippen LogP contribution in [0.5, 0.6) is 5.75 Å². The third kappa shape index (κ3) is 5.22. The van der Waals surface area contributed by atoms with Crippen LogP contribution in [0.15, 0.2) is 65.5 Å². The van der Waals surface area contributed by atoms with Crippen molar-refractivity contribution in [3.8, 4) is 5.75 Å². The molecule has 40 heavy (non-hydrogen) atoms. The van der Waals surface area contributed by atoms with Gasteiger partial charge in [-0.2, -0.15) is 0 Å². The van der Waals surface area contributed by atoms with Crippen molar-refractivity contribution < 1.29 is 14.3 Å². The maximum Gasteiger partial charge on any atom is 0.255 e. The Morgan fingerprint density at radius 3 is 2.38 bits per heavy atom. The molecule has 0 saturated carbocycles. The van der Waals surface area contributed by atoms with Gasteiger partial charge in [-0.05, 0) is 73.7 Å². The van der Waals surface area contributed by atoms with E-state index in [9.17, 15) is 14.4 Å². The fourth-order valence-electron chi connectivity index (χ4n) is 6.53. The number of benzene rings is 2. The largest absolute Gasteiger partial charge is 0.497 e. The average Bonchev–Trinajstić information content (AvgIpc) is 3.27. The molecule has 6 rings (SSSR count). The molecular weight excluding hydrogens is 504 g/mol. The molecular formula is C32H36N4O4. The van der Waals surface area contributed by atoms with Crippen LogP contribution in [0, 0.1) is 5.92 Å². The van der Waals surface area contributed by atoms with Crippen molar-refractivity contribution >= 4 is 23.2 Å². The molecule has 0 spiro atoms. The molecule has 8 nitrogen and oxygen atoms in total. The number of hydrogen-bond donors (Lipinski definition) is 1. The summed E-state index contributed by atoms with van der Waals surface area (Å²) in [7, 11) is 1.59. The molecule has 2 aromatic carbocycles. The van der Waals surface area contributed by atoms with E-state index in [1.165, 1.54) is 0 Å². The first-order valence-corrected chi connectivity index (χ1v) is 14.3. The van der Waals surface area contributed by atoms with E-state index in [-0.39, 0.29) is 23.3 Å². The van der Waals surface area contributed by atoms with E-state index >= 15 is 0 Å². The van der Waals surface area contributed by atoms with Crippen LogP contribution in [0.2, 0.25) is 0 Å². The van der Waals surface area contributed by atoms with Gasteiger partial charge in [0.15, 0.2) is 0 Å². The standard InChI is InChI=1S/C32H36N4O4/c1-40-26-12-9-23(10-13-26)31(38)33-27-18-24(32(39)34-15-4-2-3-5-16-34)11-14-29(27)35-19-22-17-25(21-35)28-7-6-8-30(37)36(28)20-22/h6-14,18,22,25H,2-5,15-17,19-21H2,1H3,(H,33,38)/t22-,25+/m1/s1. The predicted octanol–water partition coefficient (Wildman–Crippen LogP) is 4.75. The van der Waals surface area contributed by atoms with Gasteiger partial charge in [0.25, 0.3) is 17.4 Å². The maximum absolute atomic E-state index is 13.5. The second-order valence-corrected chi connectivity index (χ2v) is 11.2. The Morgan fingerprint density at radius 1 is 0.875 bits per heavy atom. The fraction of sp³-hybridized carbons (Fsp3) is 0.406. The van der Waals surface area contributed by atoms with E-state index in [4.69, 9.17) is 4.74 Å². The fourth-order valence-corrected chi connectivity index (χ4v) is 6.53. The zero-order valence-electron chi connectivity index (χ0n) is 23.0. The minimum atomic E-state index is -0.239. The van der Waals surface area contributed by atoms with Gasteiger partial charge in [0, 0.05) is 61.5 Å². The highest BCUT2D eigenvalue weighted by Gasteiger charge is 2.35. The number of methoxy groups -OCH3 is 1. The number of fused-ring (bicyclic) bond motifs is 4. The number of rotatable bonds is 5. The normalized spacial score (nSPS) is 20.3. The van der Waals surface area contributed by atoms with Gasteiger partial charge in [-0.3, -0.25) is 14.4 Å². The molecule has 3 aromatic rings. The number of aromatic nitrogens is 1. The van der Waals surface area contributed by atoms with Crippen molar-refractivity contribution in [2.75, 3.05) is 43.5 Å². The summed E-state index contributed by atoms with van der Waals surface area (Å²) in [5.41, 5.74) is 3.77. The van der Waals surface area contributed by atoms with Crippen LogP contribution in [0.4, 0.5) is 11.4 Å². The van der Waals surface area contributed by atoms with E-state index in [1.807, 2.05) is 33.7 Å². The summed E-state index contributed by atoms with van der Waals surface area (Å²) in [6.07, 6.45) is 5.38. The highest BCUT2D eigenvalue weighted by Crippen LogP contribution is 2.39. The third-order valence-corrected chi connectivity index (χ3v) is 8.56. The smallest absolute Gasteiger partial charge is 0.255 e. The molecule has 4 heterocycles. The summed E-state index contributed by atoms with van der Waals surface area (Å²) < 4.78 is 7.16. The van der Waals surface area contributed by atoms with Gasteiger partial charge >= 0.3 is 0 Å². The zero-order chi connectivity index (χ0) is 27.6. The lowest BCUT2D eigenvalue weighted by atomic mass is 9.83.